The van der Waals surface area contributed by atoms with Crippen LogP contribution in [0.4, 0.5) is 0 Å². The van der Waals surface area contributed by atoms with E-state index < -0.39 is 0 Å². The molecule has 0 saturated carbocycles. The number of halogens is 1. The van der Waals surface area contributed by atoms with Gasteiger partial charge in [0.15, 0.2) is 0 Å². The summed E-state index contributed by atoms with van der Waals surface area (Å²) in [5, 5.41) is 3.31. The van der Waals surface area contributed by atoms with Crippen LogP contribution in [0.1, 0.15) is 29.6 Å². The number of carbonyl (C=O) groups excluding carboxylic acids is 3. The number of piperidine rings is 1. The van der Waals surface area contributed by atoms with Crippen molar-refractivity contribution in [3.8, 4) is 0 Å². The smallest absolute Gasteiger partial charge is 0.307 e. The molecule has 1 heterocycles. The summed E-state index contributed by atoms with van der Waals surface area (Å²) in [5.41, 5.74) is 0.561. The van der Waals surface area contributed by atoms with Gasteiger partial charge in [-0.2, -0.15) is 0 Å². The molecule has 7 heteroatoms. The Morgan fingerprint density at radius 1 is 1.29 bits per heavy atom. The Bertz CT molecular complexity index is 603. The summed E-state index contributed by atoms with van der Waals surface area (Å²) in [5.74, 6) is -0.850. The normalized spacial score (nSPS) is 17.2. The Morgan fingerprint density at radius 2 is 2.00 bits per heavy atom. The summed E-state index contributed by atoms with van der Waals surface area (Å²) < 4.78 is 4.53. The van der Waals surface area contributed by atoms with Gasteiger partial charge < -0.3 is 15.0 Å². The lowest BCUT2D eigenvalue weighted by atomic mass is 9.96. The van der Waals surface area contributed by atoms with Gasteiger partial charge in [-0.1, -0.05) is 11.6 Å². The van der Waals surface area contributed by atoms with Crippen molar-refractivity contribution < 1.29 is 19.1 Å². The quantitative estimate of drug-likeness (QED) is 0.821. The zero-order valence-corrected chi connectivity index (χ0v) is 14.3. The van der Waals surface area contributed by atoms with Crippen molar-refractivity contribution in [2.75, 3.05) is 26.7 Å². The number of benzene rings is 1. The minimum atomic E-state index is -0.363. The Labute approximate surface area is 146 Å². The van der Waals surface area contributed by atoms with Crippen LogP contribution in [0.3, 0.4) is 0 Å². The number of carbonyl (C=O) groups is 3. The van der Waals surface area contributed by atoms with Crippen molar-refractivity contribution in [3.63, 3.8) is 0 Å². The van der Waals surface area contributed by atoms with Crippen LogP contribution in [0.5, 0.6) is 0 Å². The molecular weight excluding hydrogens is 332 g/mol. The van der Waals surface area contributed by atoms with E-state index in [1.165, 1.54) is 7.11 Å². The van der Waals surface area contributed by atoms with Gasteiger partial charge in [0.25, 0.3) is 5.91 Å². The fraction of sp³-hybridized carbons (Fsp3) is 0.471. The average Bonchev–Trinajstić information content (AvgIpc) is 2.61. The third kappa shape index (κ3) is 4.96. The maximum atomic E-state index is 12.5. The second kappa shape index (κ2) is 8.68. The molecule has 0 bridgehead atoms. The molecule has 1 fully saturated rings. The summed E-state index contributed by atoms with van der Waals surface area (Å²) in [7, 11) is 1.31. The number of esters is 1. The van der Waals surface area contributed by atoms with Crippen LogP contribution in [-0.4, -0.2) is 49.4 Å². The summed E-state index contributed by atoms with van der Waals surface area (Å²) in [4.78, 5) is 37.5. The van der Waals surface area contributed by atoms with E-state index in [1.54, 1.807) is 29.2 Å². The average molecular weight is 353 g/mol. The summed E-state index contributed by atoms with van der Waals surface area (Å²) in [6.45, 7) is 1.26. The molecule has 1 aliphatic rings. The lowest BCUT2D eigenvalue weighted by Crippen LogP contribution is -2.45. The summed E-state index contributed by atoms with van der Waals surface area (Å²) in [6, 6.07) is 6.72. The Kier molecular flexibility index (Phi) is 6.61. The second-order valence-corrected chi connectivity index (χ2v) is 6.15. The topological polar surface area (TPSA) is 75.7 Å². The van der Waals surface area contributed by atoms with Gasteiger partial charge in [-0.15, -0.1) is 0 Å². The fourth-order valence-electron chi connectivity index (χ4n) is 2.68. The third-order valence-electron chi connectivity index (χ3n) is 4.03. The molecule has 1 unspecified atom stereocenters. The highest BCUT2D eigenvalue weighted by Gasteiger charge is 2.28. The number of ether oxygens (including phenoxy) is 1. The van der Waals surface area contributed by atoms with Crippen molar-refractivity contribution in [2.24, 2.45) is 5.92 Å². The molecule has 0 spiro atoms. The lowest BCUT2D eigenvalue weighted by molar-refractivity contribution is -0.140. The first-order chi connectivity index (χ1) is 11.5. The largest absolute Gasteiger partial charge is 0.469 e. The van der Waals surface area contributed by atoms with Crippen molar-refractivity contribution in [1.29, 1.82) is 0 Å². The molecule has 1 aromatic rings. The highest BCUT2D eigenvalue weighted by atomic mass is 35.5. The van der Waals surface area contributed by atoms with E-state index in [1.807, 2.05) is 0 Å². The number of hydrogen-bond acceptors (Lipinski definition) is 4. The van der Waals surface area contributed by atoms with E-state index >= 15 is 0 Å². The molecule has 6 nitrogen and oxygen atoms in total. The number of methoxy groups -OCH3 is 1. The molecule has 0 radical (unpaired) electrons. The van der Waals surface area contributed by atoms with Crippen LogP contribution in [0.2, 0.25) is 5.02 Å². The molecule has 1 aliphatic heterocycles. The van der Waals surface area contributed by atoms with Gasteiger partial charge >= 0.3 is 5.97 Å². The first-order valence-electron chi connectivity index (χ1n) is 7.90. The van der Waals surface area contributed by atoms with Crippen molar-refractivity contribution in [2.45, 2.75) is 19.3 Å². The number of nitrogens with zero attached hydrogens (tertiary/aromatic N) is 1. The minimum Gasteiger partial charge on any atom is -0.469 e. The predicted molar refractivity (Wildman–Crippen MR) is 89.7 cm³/mol. The van der Waals surface area contributed by atoms with Crippen LogP contribution in [0, 0.1) is 5.92 Å². The zero-order chi connectivity index (χ0) is 17.5. The van der Waals surface area contributed by atoms with Gasteiger partial charge in [-0.25, -0.2) is 0 Å². The standard InChI is InChI=1S/C17H21ClN2O4/c1-24-15(21)8-9-19-16(22)13-3-2-10-20(11-13)17(23)12-4-6-14(18)7-5-12/h4-7,13H,2-3,8-11H2,1H3,(H,19,22). The van der Waals surface area contributed by atoms with Gasteiger partial charge in [-0.05, 0) is 37.1 Å². The summed E-state index contributed by atoms with van der Waals surface area (Å²) >= 11 is 5.84. The van der Waals surface area contributed by atoms with E-state index in [2.05, 4.69) is 10.1 Å². The van der Waals surface area contributed by atoms with E-state index in [4.69, 9.17) is 11.6 Å². The number of likely N-dealkylation sites (tertiary alicyclic amines) is 1. The number of amides is 2. The molecule has 2 amide bonds. The van der Waals surface area contributed by atoms with Crippen molar-refractivity contribution in [3.05, 3.63) is 34.9 Å². The van der Waals surface area contributed by atoms with Gasteiger partial charge in [0, 0.05) is 30.2 Å². The highest BCUT2D eigenvalue weighted by Crippen LogP contribution is 2.19. The van der Waals surface area contributed by atoms with Gasteiger partial charge in [0.1, 0.15) is 0 Å². The SMILES string of the molecule is COC(=O)CCNC(=O)C1CCCN(C(=O)c2ccc(Cl)cc2)C1. The van der Waals surface area contributed by atoms with Gasteiger partial charge in [0.2, 0.25) is 5.91 Å². The third-order valence-corrected chi connectivity index (χ3v) is 4.28. The molecule has 1 saturated heterocycles. The first-order valence-corrected chi connectivity index (χ1v) is 8.28. The Morgan fingerprint density at radius 3 is 2.67 bits per heavy atom. The van der Waals surface area contributed by atoms with Crippen LogP contribution >= 0.6 is 11.6 Å². The fourth-order valence-corrected chi connectivity index (χ4v) is 2.81. The number of hydrogen-bond donors (Lipinski definition) is 1. The molecular formula is C17H21ClN2O4. The first kappa shape index (κ1) is 18.3. The predicted octanol–water partition coefficient (Wildman–Crippen LogP) is 1.87. The van der Waals surface area contributed by atoms with Gasteiger partial charge in [-0.3, -0.25) is 14.4 Å². The Hall–Kier alpha value is -2.08. The van der Waals surface area contributed by atoms with E-state index in [0.717, 1.165) is 12.8 Å². The molecule has 1 N–H and O–H groups in total. The minimum absolute atomic E-state index is 0.0984. The zero-order valence-electron chi connectivity index (χ0n) is 13.6. The molecule has 24 heavy (non-hydrogen) atoms. The molecule has 0 aliphatic carbocycles. The maximum absolute atomic E-state index is 12.5. The van der Waals surface area contributed by atoms with Crippen molar-refractivity contribution in [1.82, 2.24) is 10.2 Å². The van der Waals surface area contributed by atoms with Crippen LogP contribution in [0.15, 0.2) is 24.3 Å². The van der Waals surface area contributed by atoms with E-state index in [0.29, 0.717) is 23.7 Å². The summed E-state index contributed by atoms with van der Waals surface area (Å²) in [6.07, 6.45) is 1.64. The second-order valence-electron chi connectivity index (χ2n) is 5.71. The number of rotatable bonds is 5. The lowest BCUT2D eigenvalue weighted by Gasteiger charge is -2.32. The van der Waals surface area contributed by atoms with Crippen LogP contribution in [-0.2, 0) is 14.3 Å². The number of nitrogens with one attached hydrogen (secondary N) is 1. The van der Waals surface area contributed by atoms with Gasteiger partial charge in [0.05, 0.1) is 19.4 Å². The Balaban J connectivity index is 1.88. The molecule has 1 aromatic carbocycles. The van der Waals surface area contributed by atoms with E-state index in [-0.39, 0.29) is 36.7 Å². The van der Waals surface area contributed by atoms with Crippen LogP contribution < -0.4 is 5.32 Å². The monoisotopic (exact) mass is 352 g/mol. The van der Waals surface area contributed by atoms with E-state index in [9.17, 15) is 14.4 Å². The molecule has 0 aromatic heterocycles. The molecule has 130 valence electrons. The highest BCUT2D eigenvalue weighted by molar-refractivity contribution is 6.30. The molecule has 2 rings (SSSR count). The van der Waals surface area contributed by atoms with Crippen LogP contribution in [0.25, 0.3) is 0 Å². The molecule has 1 atom stereocenters. The van der Waals surface area contributed by atoms with Crippen molar-refractivity contribution >= 4 is 29.4 Å². The maximum Gasteiger partial charge on any atom is 0.307 e.